The highest BCUT2D eigenvalue weighted by molar-refractivity contribution is 7.14. The van der Waals surface area contributed by atoms with E-state index in [4.69, 9.17) is 4.52 Å². The lowest BCUT2D eigenvalue weighted by atomic mass is 9.90. The Morgan fingerprint density at radius 3 is 3.09 bits per heavy atom. The van der Waals surface area contributed by atoms with E-state index in [9.17, 15) is 4.79 Å². The third-order valence-electron chi connectivity index (χ3n) is 4.08. The van der Waals surface area contributed by atoms with Crippen LogP contribution < -0.4 is 0 Å². The number of aromatic nitrogens is 2. The minimum atomic E-state index is 0.0369. The van der Waals surface area contributed by atoms with Crippen LogP contribution in [0.5, 0.6) is 0 Å². The van der Waals surface area contributed by atoms with Crippen LogP contribution in [0.1, 0.15) is 52.1 Å². The Morgan fingerprint density at radius 2 is 2.36 bits per heavy atom. The highest BCUT2D eigenvalue weighted by Crippen LogP contribution is 2.32. The first-order valence-corrected chi connectivity index (χ1v) is 8.57. The molecule has 2 heterocycles. The predicted molar refractivity (Wildman–Crippen MR) is 85.0 cm³/mol. The molecule has 6 heteroatoms. The van der Waals surface area contributed by atoms with Crippen molar-refractivity contribution in [2.45, 2.75) is 46.1 Å². The van der Waals surface area contributed by atoms with Gasteiger partial charge in [-0.15, -0.1) is 11.3 Å². The normalized spacial score (nSPS) is 17.3. The van der Waals surface area contributed by atoms with E-state index in [1.807, 2.05) is 6.92 Å². The molecule has 0 fully saturated rings. The van der Waals surface area contributed by atoms with Gasteiger partial charge in [0.25, 0.3) is 5.91 Å². The Labute approximate surface area is 134 Å². The van der Waals surface area contributed by atoms with Crippen LogP contribution in [0.3, 0.4) is 0 Å². The summed E-state index contributed by atoms with van der Waals surface area (Å²) in [6.07, 6.45) is 4.12. The first-order chi connectivity index (χ1) is 10.6. The minimum Gasteiger partial charge on any atom is -0.339 e. The van der Waals surface area contributed by atoms with E-state index in [1.165, 1.54) is 16.9 Å². The number of carbonyl (C=O) groups is 1. The Balaban J connectivity index is 1.70. The third-order valence-corrected chi connectivity index (χ3v) is 5.30. The summed E-state index contributed by atoms with van der Waals surface area (Å²) >= 11 is 1.64. The summed E-state index contributed by atoms with van der Waals surface area (Å²) in [5.74, 6) is 1.92. The van der Waals surface area contributed by atoms with Gasteiger partial charge in [0.2, 0.25) is 5.89 Å². The molecule has 0 aliphatic heterocycles. The molecular weight excluding hydrogens is 298 g/mol. The lowest BCUT2D eigenvalue weighted by Gasteiger charge is -2.16. The fourth-order valence-corrected chi connectivity index (χ4v) is 3.98. The van der Waals surface area contributed by atoms with Crippen molar-refractivity contribution in [2.75, 3.05) is 7.05 Å². The molecule has 1 atom stereocenters. The Kier molecular flexibility index (Phi) is 4.29. The van der Waals surface area contributed by atoms with Gasteiger partial charge in [0.1, 0.15) is 0 Å². The van der Waals surface area contributed by atoms with Gasteiger partial charge in [0, 0.05) is 18.3 Å². The van der Waals surface area contributed by atoms with E-state index >= 15 is 0 Å². The van der Waals surface area contributed by atoms with E-state index in [1.54, 1.807) is 23.3 Å². The highest BCUT2D eigenvalue weighted by Gasteiger charge is 2.23. The molecule has 1 amide bonds. The van der Waals surface area contributed by atoms with Gasteiger partial charge in [-0.3, -0.25) is 4.79 Å². The summed E-state index contributed by atoms with van der Waals surface area (Å²) in [4.78, 5) is 20.7. The molecule has 2 aromatic heterocycles. The molecule has 0 unspecified atom stereocenters. The lowest BCUT2D eigenvalue weighted by Crippen LogP contribution is -2.26. The number of rotatable bonds is 4. The summed E-state index contributed by atoms with van der Waals surface area (Å²) in [6, 6.07) is 2.07. The first kappa shape index (κ1) is 15.2. The van der Waals surface area contributed by atoms with Crippen molar-refractivity contribution in [3.63, 3.8) is 0 Å². The second kappa shape index (κ2) is 6.20. The first-order valence-electron chi connectivity index (χ1n) is 7.75. The van der Waals surface area contributed by atoms with Gasteiger partial charge in [-0.2, -0.15) is 4.98 Å². The fraction of sp³-hybridized carbons (Fsp3) is 0.562. The molecule has 22 heavy (non-hydrogen) atoms. The highest BCUT2D eigenvalue weighted by atomic mass is 32.1. The summed E-state index contributed by atoms with van der Waals surface area (Å²) in [7, 11) is 1.78. The second-order valence-electron chi connectivity index (χ2n) is 6.03. The fourth-order valence-electron chi connectivity index (χ4n) is 2.78. The van der Waals surface area contributed by atoms with Crippen LogP contribution in [-0.4, -0.2) is 28.0 Å². The van der Waals surface area contributed by atoms with Crippen LogP contribution in [0.15, 0.2) is 10.6 Å². The number of carbonyl (C=O) groups excluding carboxylic acids is 1. The Morgan fingerprint density at radius 1 is 1.55 bits per heavy atom. The molecule has 0 saturated heterocycles. The topological polar surface area (TPSA) is 59.2 Å². The van der Waals surface area contributed by atoms with Crippen molar-refractivity contribution in [2.24, 2.45) is 5.92 Å². The maximum Gasteiger partial charge on any atom is 0.264 e. The lowest BCUT2D eigenvalue weighted by molar-refractivity contribution is 0.0785. The summed E-state index contributed by atoms with van der Waals surface area (Å²) in [6.45, 7) is 4.61. The van der Waals surface area contributed by atoms with E-state index in [0.29, 0.717) is 24.7 Å². The molecule has 1 aliphatic rings. The summed E-state index contributed by atoms with van der Waals surface area (Å²) in [5, 5.41) is 3.90. The number of hydrogen-bond acceptors (Lipinski definition) is 5. The van der Waals surface area contributed by atoms with Crippen LogP contribution in [-0.2, 0) is 25.8 Å². The number of nitrogens with zero attached hydrogens (tertiary/aromatic N) is 3. The van der Waals surface area contributed by atoms with Gasteiger partial charge >= 0.3 is 0 Å². The standard InChI is InChI=1S/C16H21N3O2S/c1-4-15-17-14(18-21-15)9-19(3)16(20)13-8-11-7-10(2)5-6-12(11)22-13/h8,10H,4-7,9H2,1-3H3/t10-/m0/s1. The molecule has 0 N–H and O–H groups in total. The molecule has 0 spiro atoms. The quantitative estimate of drug-likeness (QED) is 0.869. The average molecular weight is 319 g/mol. The van der Waals surface area contributed by atoms with Crippen molar-refractivity contribution in [3.8, 4) is 0 Å². The van der Waals surface area contributed by atoms with Crippen LogP contribution in [0.25, 0.3) is 0 Å². The second-order valence-corrected chi connectivity index (χ2v) is 7.16. The largest absolute Gasteiger partial charge is 0.339 e. The van der Waals surface area contributed by atoms with E-state index < -0.39 is 0 Å². The number of aryl methyl sites for hydroxylation is 2. The molecule has 0 radical (unpaired) electrons. The summed E-state index contributed by atoms with van der Waals surface area (Å²) < 4.78 is 5.08. The molecular formula is C16H21N3O2S. The molecule has 5 nitrogen and oxygen atoms in total. The maximum atomic E-state index is 12.6. The number of hydrogen-bond donors (Lipinski definition) is 0. The number of fused-ring (bicyclic) bond motifs is 1. The molecule has 0 bridgehead atoms. The van der Waals surface area contributed by atoms with Crippen LogP contribution in [0.4, 0.5) is 0 Å². The molecule has 3 rings (SSSR count). The van der Waals surface area contributed by atoms with Crippen LogP contribution in [0.2, 0.25) is 0 Å². The molecule has 0 aromatic carbocycles. The maximum absolute atomic E-state index is 12.6. The van der Waals surface area contributed by atoms with E-state index in [0.717, 1.165) is 23.6 Å². The molecule has 1 aliphatic carbocycles. The van der Waals surface area contributed by atoms with Gasteiger partial charge in [-0.05, 0) is 36.8 Å². The van der Waals surface area contributed by atoms with Gasteiger partial charge < -0.3 is 9.42 Å². The third kappa shape index (κ3) is 3.06. The predicted octanol–water partition coefficient (Wildman–Crippen LogP) is 3.09. The van der Waals surface area contributed by atoms with Crippen molar-refractivity contribution in [1.29, 1.82) is 0 Å². The van der Waals surface area contributed by atoms with Crippen molar-refractivity contribution in [1.82, 2.24) is 15.0 Å². The van der Waals surface area contributed by atoms with Gasteiger partial charge in [0.05, 0.1) is 11.4 Å². The molecule has 2 aromatic rings. The zero-order valence-corrected chi connectivity index (χ0v) is 14.1. The average Bonchev–Trinajstić information content (AvgIpc) is 3.12. The zero-order valence-electron chi connectivity index (χ0n) is 13.3. The smallest absolute Gasteiger partial charge is 0.264 e. The Hall–Kier alpha value is -1.69. The molecule has 0 saturated carbocycles. The minimum absolute atomic E-state index is 0.0369. The SMILES string of the molecule is CCc1nc(CN(C)C(=O)c2cc3c(s2)CC[C@H](C)C3)no1. The van der Waals surface area contributed by atoms with Crippen molar-refractivity contribution >= 4 is 17.2 Å². The zero-order chi connectivity index (χ0) is 15.7. The van der Waals surface area contributed by atoms with Crippen molar-refractivity contribution in [3.05, 3.63) is 33.1 Å². The van der Waals surface area contributed by atoms with E-state index in [2.05, 4.69) is 23.1 Å². The Bertz CT molecular complexity index is 677. The molecule has 118 valence electrons. The van der Waals surface area contributed by atoms with Crippen molar-refractivity contribution < 1.29 is 9.32 Å². The summed E-state index contributed by atoms with van der Waals surface area (Å²) in [5.41, 5.74) is 1.35. The van der Waals surface area contributed by atoms with Gasteiger partial charge in [-0.1, -0.05) is 19.0 Å². The monoisotopic (exact) mass is 319 g/mol. The van der Waals surface area contributed by atoms with Gasteiger partial charge in [-0.25, -0.2) is 0 Å². The van der Waals surface area contributed by atoms with Crippen LogP contribution in [0, 0.1) is 5.92 Å². The number of amides is 1. The van der Waals surface area contributed by atoms with E-state index in [-0.39, 0.29) is 5.91 Å². The number of thiophene rings is 1. The van der Waals surface area contributed by atoms with Gasteiger partial charge in [0.15, 0.2) is 5.82 Å². The van der Waals surface area contributed by atoms with Crippen LogP contribution >= 0.6 is 11.3 Å².